The Hall–Kier alpha value is -0.550. The number of benzene rings is 1. The Morgan fingerprint density at radius 1 is 1.22 bits per heavy atom. The van der Waals surface area contributed by atoms with Gasteiger partial charge in [-0.15, -0.1) is 0 Å². The third-order valence-electron chi connectivity index (χ3n) is 2.86. The molecule has 0 N–H and O–H groups in total. The van der Waals surface area contributed by atoms with Crippen LogP contribution in [0.1, 0.15) is 20.8 Å². The predicted molar refractivity (Wildman–Crippen MR) is 80.4 cm³/mol. The number of alkyl halides is 1. The van der Waals surface area contributed by atoms with Crippen molar-refractivity contribution in [3.05, 3.63) is 24.3 Å². The van der Waals surface area contributed by atoms with Gasteiger partial charge in [0.1, 0.15) is 0 Å². The van der Waals surface area contributed by atoms with E-state index in [-0.39, 0.29) is 5.75 Å². The predicted octanol–water partition coefficient (Wildman–Crippen LogP) is 3.09. The lowest BCUT2D eigenvalue weighted by molar-refractivity contribution is 0.597. The summed E-state index contributed by atoms with van der Waals surface area (Å²) in [6.45, 7) is 6.81. The van der Waals surface area contributed by atoms with E-state index in [4.69, 9.17) is 0 Å². The quantitative estimate of drug-likeness (QED) is 0.750. The van der Waals surface area contributed by atoms with Gasteiger partial charge >= 0.3 is 0 Å². The molecule has 0 aliphatic heterocycles. The van der Waals surface area contributed by atoms with Crippen LogP contribution in [-0.2, 0) is 9.84 Å². The second-order valence-electron chi connectivity index (χ2n) is 4.37. The highest BCUT2D eigenvalue weighted by atomic mass is 79.9. The van der Waals surface area contributed by atoms with Crippen LogP contribution < -0.4 is 4.90 Å². The minimum absolute atomic E-state index is 0.141. The molecule has 18 heavy (non-hydrogen) atoms. The van der Waals surface area contributed by atoms with Crippen molar-refractivity contribution < 1.29 is 8.42 Å². The van der Waals surface area contributed by atoms with Crippen LogP contribution in [0.5, 0.6) is 0 Å². The van der Waals surface area contributed by atoms with Crippen LogP contribution in [0.3, 0.4) is 0 Å². The minimum Gasteiger partial charge on any atom is -0.368 e. The van der Waals surface area contributed by atoms with Crippen LogP contribution in [0.15, 0.2) is 29.2 Å². The summed E-state index contributed by atoms with van der Waals surface area (Å²) in [4.78, 5) is 2.63. The number of halogens is 1. The molecule has 0 heterocycles. The summed E-state index contributed by atoms with van der Waals surface area (Å²) in [5, 5.41) is 0.889. The van der Waals surface area contributed by atoms with Gasteiger partial charge in [0.25, 0.3) is 0 Å². The molecule has 0 atom stereocenters. The fraction of sp³-hybridized carbons (Fsp3) is 0.538. The van der Waals surface area contributed by atoms with Crippen molar-refractivity contribution in [2.24, 2.45) is 0 Å². The van der Waals surface area contributed by atoms with Crippen molar-refractivity contribution in [1.82, 2.24) is 0 Å². The molecule has 1 aromatic rings. The molecule has 0 spiro atoms. The highest BCUT2D eigenvalue weighted by Gasteiger charge is 2.13. The van der Waals surface area contributed by atoms with Crippen LogP contribution in [-0.4, -0.2) is 32.1 Å². The third kappa shape index (κ3) is 3.72. The molecular formula is C13H20BrNO2S. The third-order valence-corrected chi connectivity index (χ3v) is 4.96. The molecule has 0 bridgehead atoms. The summed E-state index contributed by atoms with van der Waals surface area (Å²) < 4.78 is 23.4. The van der Waals surface area contributed by atoms with E-state index >= 15 is 0 Å². The summed E-state index contributed by atoms with van der Waals surface area (Å²) in [6, 6.07) is 7.53. The van der Waals surface area contributed by atoms with E-state index in [1.807, 2.05) is 12.1 Å². The van der Waals surface area contributed by atoms with Crippen molar-refractivity contribution in [3.8, 4) is 0 Å². The zero-order valence-electron chi connectivity index (χ0n) is 11.1. The molecule has 0 saturated carbocycles. The Labute approximate surface area is 118 Å². The van der Waals surface area contributed by atoms with E-state index in [1.165, 1.54) is 0 Å². The molecule has 0 fully saturated rings. The van der Waals surface area contributed by atoms with Crippen LogP contribution >= 0.6 is 15.9 Å². The molecule has 0 amide bonds. The lowest BCUT2D eigenvalue weighted by atomic mass is 10.2. The zero-order valence-corrected chi connectivity index (χ0v) is 13.5. The Kier molecular flexibility index (Phi) is 5.66. The van der Waals surface area contributed by atoms with Crippen molar-refractivity contribution in [1.29, 1.82) is 0 Å². The standard InChI is InChI=1S/C13H20BrNO2S/c1-4-18(16,17)13-7-5-12(6-8-13)15(10-9-14)11(2)3/h5-8,11H,4,9-10H2,1-3H3. The molecule has 0 saturated heterocycles. The summed E-state index contributed by atoms with van der Waals surface area (Å²) in [6.07, 6.45) is 0. The van der Waals surface area contributed by atoms with E-state index in [0.717, 1.165) is 17.6 Å². The van der Waals surface area contributed by atoms with Gasteiger partial charge in [-0.05, 0) is 38.1 Å². The van der Waals surface area contributed by atoms with Crippen LogP contribution in [0.2, 0.25) is 0 Å². The number of hydrogen-bond donors (Lipinski definition) is 0. The van der Waals surface area contributed by atoms with Crippen LogP contribution in [0.25, 0.3) is 0 Å². The first-order valence-corrected chi connectivity index (χ1v) is 8.85. The SMILES string of the molecule is CCS(=O)(=O)c1ccc(N(CCBr)C(C)C)cc1. The van der Waals surface area contributed by atoms with E-state index in [0.29, 0.717) is 10.9 Å². The second kappa shape index (κ2) is 6.57. The Morgan fingerprint density at radius 2 is 1.78 bits per heavy atom. The number of anilines is 1. The van der Waals surface area contributed by atoms with E-state index < -0.39 is 9.84 Å². The number of nitrogens with zero attached hydrogens (tertiary/aromatic N) is 1. The Balaban J connectivity index is 3.01. The van der Waals surface area contributed by atoms with Gasteiger partial charge in [0.05, 0.1) is 10.6 Å². The fourth-order valence-electron chi connectivity index (χ4n) is 1.79. The number of sulfone groups is 1. The van der Waals surface area contributed by atoms with Gasteiger partial charge in [0.2, 0.25) is 0 Å². The molecule has 5 heteroatoms. The van der Waals surface area contributed by atoms with E-state index in [9.17, 15) is 8.42 Å². The van der Waals surface area contributed by atoms with Crippen molar-refractivity contribution in [2.45, 2.75) is 31.7 Å². The highest BCUT2D eigenvalue weighted by Crippen LogP contribution is 2.20. The van der Waals surface area contributed by atoms with E-state index in [1.54, 1.807) is 19.1 Å². The first kappa shape index (κ1) is 15.5. The molecule has 0 radical (unpaired) electrons. The maximum absolute atomic E-state index is 11.7. The average Bonchev–Trinajstić information content (AvgIpc) is 2.36. The van der Waals surface area contributed by atoms with Crippen molar-refractivity contribution in [3.63, 3.8) is 0 Å². The zero-order chi connectivity index (χ0) is 13.8. The molecule has 102 valence electrons. The van der Waals surface area contributed by atoms with Crippen LogP contribution in [0, 0.1) is 0 Å². The fourth-order valence-corrected chi connectivity index (χ4v) is 3.05. The molecule has 3 nitrogen and oxygen atoms in total. The molecule has 0 aliphatic rings. The number of hydrogen-bond acceptors (Lipinski definition) is 3. The first-order chi connectivity index (χ1) is 8.42. The Morgan fingerprint density at radius 3 is 2.17 bits per heavy atom. The molecule has 0 unspecified atom stereocenters. The first-order valence-electron chi connectivity index (χ1n) is 6.07. The van der Waals surface area contributed by atoms with Gasteiger partial charge in [-0.3, -0.25) is 0 Å². The topological polar surface area (TPSA) is 37.4 Å². The van der Waals surface area contributed by atoms with Gasteiger partial charge in [-0.2, -0.15) is 0 Å². The summed E-state index contributed by atoms with van der Waals surface area (Å²) >= 11 is 3.44. The molecule has 1 rings (SSSR count). The van der Waals surface area contributed by atoms with Crippen molar-refractivity contribution in [2.75, 3.05) is 22.5 Å². The molecule has 0 aliphatic carbocycles. The maximum atomic E-state index is 11.7. The summed E-state index contributed by atoms with van der Waals surface area (Å²) in [5.41, 5.74) is 1.06. The highest BCUT2D eigenvalue weighted by molar-refractivity contribution is 9.09. The van der Waals surface area contributed by atoms with Gasteiger partial charge < -0.3 is 4.90 Å². The number of rotatable bonds is 6. The summed E-state index contributed by atoms with van der Waals surface area (Å²) in [7, 11) is -3.10. The normalized spacial score (nSPS) is 11.8. The maximum Gasteiger partial charge on any atom is 0.178 e. The monoisotopic (exact) mass is 333 g/mol. The summed E-state index contributed by atoms with van der Waals surface area (Å²) in [5.74, 6) is 0.141. The molecule has 0 aromatic heterocycles. The lowest BCUT2D eigenvalue weighted by Gasteiger charge is -2.28. The minimum atomic E-state index is -3.10. The van der Waals surface area contributed by atoms with Gasteiger partial charge in [0.15, 0.2) is 9.84 Å². The van der Waals surface area contributed by atoms with E-state index in [2.05, 4.69) is 34.7 Å². The Bertz CT molecular complexity index is 468. The van der Waals surface area contributed by atoms with Gasteiger partial charge in [-0.25, -0.2) is 8.42 Å². The largest absolute Gasteiger partial charge is 0.368 e. The van der Waals surface area contributed by atoms with Gasteiger partial charge in [0, 0.05) is 23.6 Å². The molecule has 1 aromatic carbocycles. The lowest BCUT2D eigenvalue weighted by Crippen LogP contribution is -2.32. The smallest absolute Gasteiger partial charge is 0.178 e. The average molecular weight is 334 g/mol. The van der Waals surface area contributed by atoms with Crippen LogP contribution in [0.4, 0.5) is 5.69 Å². The second-order valence-corrected chi connectivity index (χ2v) is 7.44. The van der Waals surface area contributed by atoms with Crippen molar-refractivity contribution >= 4 is 31.5 Å². The van der Waals surface area contributed by atoms with Gasteiger partial charge in [-0.1, -0.05) is 22.9 Å². The molecular weight excluding hydrogens is 314 g/mol.